The minimum absolute atomic E-state index is 0.0667. The summed E-state index contributed by atoms with van der Waals surface area (Å²) in [6.45, 7) is 1.03. The number of rotatable bonds is 2. The number of hydrogen-bond acceptors (Lipinski definition) is 5. The summed E-state index contributed by atoms with van der Waals surface area (Å²) < 4.78 is 20.2. The van der Waals surface area contributed by atoms with E-state index < -0.39 is 36.4 Å². The van der Waals surface area contributed by atoms with E-state index in [0.29, 0.717) is 4.68 Å². The molecule has 1 aliphatic heterocycles. The molecule has 8 heteroatoms. The van der Waals surface area contributed by atoms with Crippen LogP contribution < -0.4 is 17.1 Å². The molecule has 0 spiro atoms. The van der Waals surface area contributed by atoms with Crippen LogP contribution in [0.25, 0.3) is 0 Å². The molecule has 0 bridgehead atoms. The zero-order valence-corrected chi connectivity index (χ0v) is 9.75. The smallest absolute Gasteiger partial charge is 0.351 e. The van der Waals surface area contributed by atoms with E-state index in [1.165, 1.54) is 13.1 Å². The van der Waals surface area contributed by atoms with Gasteiger partial charge in [0, 0.05) is 18.2 Å². The second-order valence-corrected chi connectivity index (χ2v) is 4.24. The second-order valence-electron chi connectivity index (χ2n) is 4.24. The van der Waals surface area contributed by atoms with Crippen LogP contribution in [-0.2, 0) is 4.74 Å². The zero-order valence-electron chi connectivity index (χ0n) is 9.75. The van der Waals surface area contributed by atoms with Crippen molar-refractivity contribution in [1.82, 2.24) is 9.24 Å². The highest BCUT2D eigenvalue weighted by molar-refractivity contribution is 5.03. The van der Waals surface area contributed by atoms with Crippen LogP contribution in [0.1, 0.15) is 18.2 Å². The van der Waals surface area contributed by atoms with Crippen molar-refractivity contribution in [2.45, 2.75) is 31.8 Å². The van der Waals surface area contributed by atoms with Gasteiger partial charge in [0.05, 0.1) is 6.61 Å². The number of ether oxygens (including phenoxy) is 1. The maximum atomic E-state index is 13.4. The average molecular weight is 259 g/mol. The quantitative estimate of drug-likeness (QED) is 0.640. The first kappa shape index (κ1) is 12.8. The minimum atomic E-state index is -1.36. The molecular weight excluding hydrogens is 245 g/mol. The third-order valence-electron chi connectivity index (χ3n) is 2.97. The lowest BCUT2D eigenvalue weighted by atomic mass is 10.2. The van der Waals surface area contributed by atoms with Crippen LogP contribution in [0.4, 0.5) is 4.39 Å². The number of halogens is 1. The van der Waals surface area contributed by atoms with E-state index in [1.807, 2.05) is 0 Å². The molecule has 0 saturated carbocycles. The van der Waals surface area contributed by atoms with Gasteiger partial charge in [-0.3, -0.25) is 9.36 Å². The predicted octanol–water partition coefficient (Wildman–Crippen LogP) is -1.35. The van der Waals surface area contributed by atoms with E-state index in [2.05, 4.69) is 0 Å². The van der Waals surface area contributed by atoms with Gasteiger partial charge in [0.1, 0.15) is 18.5 Å². The summed E-state index contributed by atoms with van der Waals surface area (Å²) in [6.07, 6.45) is -1.96. The Balaban J connectivity index is 2.42. The SMILES string of the molecule is Cc1cn(C2CC(F)C(CO)O2)c(=O)n(N)c1=O. The Morgan fingerprint density at radius 3 is 2.83 bits per heavy atom. The van der Waals surface area contributed by atoms with Gasteiger partial charge in [-0.1, -0.05) is 0 Å². The normalized spacial score (nSPS) is 27.6. The molecule has 3 unspecified atom stereocenters. The molecule has 18 heavy (non-hydrogen) atoms. The van der Waals surface area contributed by atoms with Gasteiger partial charge >= 0.3 is 5.69 Å². The van der Waals surface area contributed by atoms with Gasteiger partial charge in [0.15, 0.2) is 0 Å². The topological polar surface area (TPSA) is 99.5 Å². The summed E-state index contributed by atoms with van der Waals surface area (Å²) in [5.41, 5.74) is -1.13. The molecule has 3 atom stereocenters. The van der Waals surface area contributed by atoms with Crippen molar-refractivity contribution in [3.63, 3.8) is 0 Å². The van der Waals surface area contributed by atoms with Crippen molar-refractivity contribution in [2.75, 3.05) is 12.4 Å². The largest absolute Gasteiger partial charge is 0.394 e. The third kappa shape index (κ3) is 1.93. The molecule has 1 aromatic rings. The standard InChI is InChI=1S/C10H14FN3O4/c1-5-3-13(10(17)14(12)9(5)16)8-2-6(11)7(4-15)18-8/h3,6-8,15H,2,4,12H2,1H3. The molecule has 0 aromatic carbocycles. The average Bonchev–Trinajstić information content (AvgIpc) is 2.72. The number of aliphatic hydroxyl groups is 1. The van der Waals surface area contributed by atoms with Crippen LogP contribution in [0.2, 0.25) is 0 Å². The maximum absolute atomic E-state index is 13.4. The summed E-state index contributed by atoms with van der Waals surface area (Å²) in [5, 5.41) is 8.89. The molecule has 0 amide bonds. The highest BCUT2D eigenvalue weighted by Gasteiger charge is 2.36. The van der Waals surface area contributed by atoms with E-state index in [0.717, 1.165) is 4.57 Å². The zero-order chi connectivity index (χ0) is 13.4. The highest BCUT2D eigenvalue weighted by Crippen LogP contribution is 2.29. The Morgan fingerprint density at radius 2 is 2.28 bits per heavy atom. The molecule has 0 radical (unpaired) electrons. The van der Waals surface area contributed by atoms with Gasteiger partial charge in [-0.25, -0.2) is 9.18 Å². The molecule has 1 aromatic heterocycles. The van der Waals surface area contributed by atoms with Crippen LogP contribution in [-0.4, -0.2) is 33.2 Å². The summed E-state index contributed by atoms with van der Waals surface area (Å²) in [5.74, 6) is 5.33. The third-order valence-corrected chi connectivity index (χ3v) is 2.97. The molecule has 1 aliphatic rings. The molecule has 7 nitrogen and oxygen atoms in total. The number of nitrogens with two attached hydrogens (primary N) is 1. The monoisotopic (exact) mass is 259 g/mol. The fourth-order valence-corrected chi connectivity index (χ4v) is 1.95. The van der Waals surface area contributed by atoms with Gasteiger partial charge in [0.25, 0.3) is 5.56 Å². The van der Waals surface area contributed by atoms with Crippen molar-refractivity contribution >= 4 is 0 Å². The highest BCUT2D eigenvalue weighted by atomic mass is 19.1. The van der Waals surface area contributed by atoms with E-state index in [9.17, 15) is 14.0 Å². The van der Waals surface area contributed by atoms with E-state index in [1.54, 1.807) is 0 Å². The number of alkyl halides is 1. The summed E-state index contributed by atoms with van der Waals surface area (Å²) >= 11 is 0. The predicted molar refractivity (Wildman–Crippen MR) is 60.4 cm³/mol. The first-order chi connectivity index (χ1) is 8.45. The number of nitrogen functional groups attached to an aromatic ring is 1. The van der Waals surface area contributed by atoms with Crippen molar-refractivity contribution < 1.29 is 14.2 Å². The molecule has 100 valence electrons. The van der Waals surface area contributed by atoms with Crippen LogP contribution in [0, 0.1) is 6.92 Å². The summed E-state index contributed by atoms with van der Waals surface area (Å²) in [6, 6.07) is 0. The van der Waals surface area contributed by atoms with Crippen LogP contribution in [0.3, 0.4) is 0 Å². The van der Waals surface area contributed by atoms with E-state index in [-0.39, 0.29) is 12.0 Å². The van der Waals surface area contributed by atoms with Crippen molar-refractivity contribution in [1.29, 1.82) is 0 Å². The Bertz CT molecular complexity index is 567. The van der Waals surface area contributed by atoms with E-state index >= 15 is 0 Å². The Labute approximate surface area is 101 Å². The summed E-state index contributed by atoms with van der Waals surface area (Å²) in [7, 11) is 0. The number of nitrogens with zero attached hydrogens (tertiary/aromatic N) is 2. The van der Waals surface area contributed by atoms with Gasteiger partial charge in [-0.05, 0) is 6.92 Å². The molecular formula is C10H14FN3O4. The summed E-state index contributed by atoms with van der Waals surface area (Å²) in [4.78, 5) is 23.2. The minimum Gasteiger partial charge on any atom is -0.394 e. The van der Waals surface area contributed by atoms with Crippen LogP contribution in [0.15, 0.2) is 15.8 Å². The molecule has 2 rings (SSSR count). The fourth-order valence-electron chi connectivity index (χ4n) is 1.95. The first-order valence-electron chi connectivity index (χ1n) is 5.46. The lowest BCUT2D eigenvalue weighted by Crippen LogP contribution is -2.46. The van der Waals surface area contributed by atoms with Crippen molar-refractivity contribution in [3.8, 4) is 0 Å². The molecule has 1 fully saturated rings. The lowest BCUT2D eigenvalue weighted by Gasteiger charge is -2.15. The van der Waals surface area contributed by atoms with Crippen molar-refractivity contribution in [3.05, 3.63) is 32.6 Å². The molecule has 0 aliphatic carbocycles. The molecule has 1 saturated heterocycles. The fraction of sp³-hybridized carbons (Fsp3) is 0.600. The Kier molecular flexibility index (Phi) is 3.22. The Hall–Kier alpha value is -1.67. The lowest BCUT2D eigenvalue weighted by molar-refractivity contribution is -0.0360. The van der Waals surface area contributed by atoms with Gasteiger partial charge in [-0.15, -0.1) is 0 Å². The van der Waals surface area contributed by atoms with Crippen molar-refractivity contribution in [2.24, 2.45) is 0 Å². The molecule has 2 heterocycles. The number of hydrogen-bond donors (Lipinski definition) is 2. The maximum Gasteiger partial charge on any atom is 0.351 e. The van der Waals surface area contributed by atoms with Gasteiger partial charge < -0.3 is 15.7 Å². The Morgan fingerprint density at radius 1 is 1.61 bits per heavy atom. The number of aliphatic hydroxyl groups excluding tert-OH is 1. The van der Waals surface area contributed by atoms with E-state index in [4.69, 9.17) is 15.7 Å². The van der Waals surface area contributed by atoms with Crippen LogP contribution in [0.5, 0.6) is 0 Å². The van der Waals surface area contributed by atoms with Gasteiger partial charge in [0.2, 0.25) is 0 Å². The number of aryl methyl sites for hydroxylation is 1. The molecule has 3 N–H and O–H groups in total. The van der Waals surface area contributed by atoms with Gasteiger partial charge in [-0.2, -0.15) is 4.68 Å². The number of aromatic nitrogens is 2. The first-order valence-corrected chi connectivity index (χ1v) is 5.46. The second kappa shape index (κ2) is 4.54. The van der Waals surface area contributed by atoms with Crippen LogP contribution >= 0.6 is 0 Å².